The lowest BCUT2D eigenvalue weighted by atomic mass is 10.1. The van der Waals surface area contributed by atoms with Gasteiger partial charge in [0.2, 0.25) is 0 Å². The second-order valence-electron chi connectivity index (χ2n) is 4.66. The van der Waals surface area contributed by atoms with Crippen LogP contribution < -0.4 is 5.32 Å². The number of hydrogen-bond donors (Lipinski definition) is 2. The molecule has 0 spiro atoms. The highest BCUT2D eigenvalue weighted by Crippen LogP contribution is 2.26. The Morgan fingerprint density at radius 2 is 1.87 bits per heavy atom. The predicted molar refractivity (Wildman–Crippen MR) is 78.5 cm³/mol. The van der Waals surface area contributed by atoms with Gasteiger partial charge in [-0.3, -0.25) is 0 Å². The SMILES string of the molecule is O=C(O)c1ccc(-c2cnc(Nc3cc(F)ccc3F)o2)cc1. The first-order valence-electron chi connectivity index (χ1n) is 6.54. The Hall–Kier alpha value is -3.22. The lowest BCUT2D eigenvalue weighted by molar-refractivity contribution is 0.0697. The highest BCUT2D eigenvalue weighted by molar-refractivity contribution is 5.88. The van der Waals surface area contributed by atoms with Gasteiger partial charge in [-0.25, -0.2) is 18.6 Å². The lowest BCUT2D eigenvalue weighted by Crippen LogP contribution is -1.95. The fourth-order valence-electron chi connectivity index (χ4n) is 1.95. The van der Waals surface area contributed by atoms with E-state index in [1.807, 2.05) is 0 Å². The first-order valence-corrected chi connectivity index (χ1v) is 6.54. The lowest BCUT2D eigenvalue weighted by Gasteiger charge is -2.03. The molecule has 1 aromatic heterocycles. The highest BCUT2D eigenvalue weighted by atomic mass is 19.1. The zero-order valence-electron chi connectivity index (χ0n) is 11.6. The van der Waals surface area contributed by atoms with E-state index < -0.39 is 17.6 Å². The number of oxazole rings is 1. The number of benzene rings is 2. The number of hydrogen-bond acceptors (Lipinski definition) is 4. The fourth-order valence-corrected chi connectivity index (χ4v) is 1.95. The van der Waals surface area contributed by atoms with Crippen molar-refractivity contribution in [2.24, 2.45) is 0 Å². The molecule has 2 N–H and O–H groups in total. The summed E-state index contributed by atoms with van der Waals surface area (Å²) in [6.45, 7) is 0. The predicted octanol–water partition coefficient (Wildman–Crippen LogP) is 4.06. The summed E-state index contributed by atoms with van der Waals surface area (Å²) >= 11 is 0. The van der Waals surface area contributed by atoms with E-state index >= 15 is 0 Å². The van der Waals surface area contributed by atoms with Gasteiger partial charge >= 0.3 is 5.97 Å². The van der Waals surface area contributed by atoms with Crippen LogP contribution in [0.25, 0.3) is 11.3 Å². The van der Waals surface area contributed by atoms with Gasteiger partial charge in [0.25, 0.3) is 6.01 Å². The summed E-state index contributed by atoms with van der Waals surface area (Å²) in [5, 5.41) is 11.4. The van der Waals surface area contributed by atoms with E-state index in [4.69, 9.17) is 9.52 Å². The Morgan fingerprint density at radius 1 is 1.13 bits per heavy atom. The Bertz CT molecular complexity index is 860. The minimum absolute atomic E-state index is 0.00758. The van der Waals surface area contributed by atoms with E-state index in [1.54, 1.807) is 12.1 Å². The van der Waals surface area contributed by atoms with E-state index in [2.05, 4.69) is 10.3 Å². The van der Waals surface area contributed by atoms with Crippen molar-refractivity contribution in [2.75, 3.05) is 5.32 Å². The summed E-state index contributed by atoms with van der Waals surface area (Å²) in [4.78, 5) is 14.7. The molecular formula is C16H10F2N2O3. The van der Waals surface area contributed by atoms with E-state index in [-0.39, 0.29) is 17.3 Å². The molecule has 0 bridgehead atoms. The van der Waals surface area contributed by atoms with Crippen LogP contribution >= 0.6 is 0 Å². The van der Waals surface area contributed by atoms with Gasteiger partial charge in [-0.05, 0) is 24.3 Å². The van der Waals surface area contributed by atoms with Crippen molar-refractivity contribution >= 4 is 17.7 Å². The average molecular weight is 316 g/mol. The van der Waals surface area contributed by atoms with Crippen molar-refractivity contribution in [1.29, 1.82) is 0 Å². The Kier molecular flexibility index (Phi) is 3.76. The molecule has 0 fully saturated rings. The molecule has 0 aliphatic carbocycles. The summed E-state index contributed by atoms with van der Waals surface area (Å²) in [6, 6.07) is 8.97. The number of halogens is 2. The number of carbonyl (C=O) groups is 1. The molecule has 3 aromatic rings. The monoisotopic (exact) mass is 316 g/mol. The molecule has 116 valence electrons. The summed E-state index contributed by atoms with van der Waals surface area (Å²) in [6.07, 6.45) is 1.40. The van der Waals surface area contributed by atoms with Crippen molar-refractivity contribution in [1.82, 2.24) is 4.98 Å². The van der Waals surface area contributed by atoms with Crippen LogP contribution in [0.5, 0.6) is 0 Å². The molecule has 2 aromatic carbocycles. The molecule has 0 atom stereocenters. The number of carboxylic acids is 1. The Balaban J connectivity index is 1.82. The summed E-state index contributed by atoms with van der Waals surface area (Å²) in [7, 11) is 0. The number of nitrogens with one attached hydrogen (secondary N) is 1. The molecule has 7 heteroatoms. The van der Waals surface area contributed by atoms with E-state index in [0.717, 1.165) is 18.2 Å². The number of aromatic nitrogens is 1. The second-order valence-corrected chi connectivity index (χ2v) is 4.66. The third kappa shape index (κ3) is 3.18. The smallest absolute Gasteiger partial charge is 0.335 e. The number of anilines is 2. The Morgan fingerprint density at radius 3 is 2.57 bits per heavy atom. The number of aromatic carboxylic acids is 1. The molecule has 1 heterocycles. The third-order valence-corrected chi connectivity index (χ3v) is 3.09. The van der Waals surface area contributed by atoms with Gasteiger partial charge in [-0.15, -0.1) is 0 Å². The van der Waals surface area contributed by atoms with Gasteiger partial charge in [0, 0.05) is 11.6 Å². The minimum atomic E-state index is -1.03. The summed E-state index contributed by atoms with van der Waals surface area (Å²) in [5.41, 5.74) is 0.656. The van der Waals surface area contributed by atoms with Gasteiger partial charge < -0.3 is 14.8 Å². The van der Waals surface area contributed by atoms with E-state index in [0.29, 0.717) is 11.3 Å². The standard InChI is InChI=1S/C16H10F2N2O3/c17-11-5-6-12(18)13(7-11)20-16-19-8-14(23-16)9-1-3-10(4-2-9)15(21)22/h1-8H,(H,19,20)(H,21,22). The molecule has 3 rings (SSSR count). The van der Waals surface area contributed by atoms with Crippen LogP contribution in [0.4, 0.5) is 20.5 Å². The van der Waals surface area contributed by atoms with Crippen LogP contribution in [0.15, 0.2) is 53.1 Å². The van der Waals surface area contributed by atoms with Gasteiger partial charge in [-0.2, -0.15) is 0 Å². The minimum Gasteiger partial charge on any atom is -0.478 e. The molecule has 0 saturated heterocycles. The summed E-state index contributed by atoms with van der Waals surface area (Å²) in [5.74, 6) is -1.90. The van der Waals surface area contributed by atoms with Crippen LogP contribution in [0, 0.1) is 11.6 Å². The number of nitrogens with zero attached hydrogens (tertiary/aromatic N) is 1. The van der Waals surface area contributed by atoms with E-state index in [1.165, 1.54) is 18.3 Å². The third-order valence-electron chi connectivity index (χ3n) is 3.09. The Labute approximate surface area is 129 Å². The van der Waals surface area contributed by atoms with Gasteiger partial charge in [0.05, 0.1) is 17.4 Å². The number of rotatable bonds is 4. The zero-order valence-corrected chi connectivity index (χ0v) is 11.6. The van der Waals surface area contributed by atoms with Crippen LogP contribution in [0.1, 0.15) is 10.4 Å². The molecule has 5 nitrogen and oxygen atoms in total. The van der Waals surface area contributed by atoms with Crippen molar-refractivity contribution in [2.45, 2.75) is 0 Å². The van der Waals surface area contributed by atoms with Crippen molar-refractivity contribution < 1.29 is 23.1 Å². The fraction of sp³-hybridized carbons (Fsp3) is 0. The molecule has 0 amide bonds. The molecule has 0 aliphatic heterocycles. The largest absolute Gasteiger partial charge is 0.478 e. The van der Waals surface area contributed by atoms with Crippen LogP contribution in [-0.2, 0) is 0 Å². The molecule has 0 radical (unpaired) electrons. The summed E-state index contributed by atoms with van der Waals surface area (Å²) < 4.78 is 32.1. The second kappa shape index (κ2) is 5.88. The van der Waals surface area contributed by atoms with Crippen LogP contribution in [0.2, 0.25) is 0 Å². The average Bonchev–Trinajstić information content (AvgIpc) is 2.99. The number of carboxylic acid groups (broad SMARTS) is 1. The molecule has 0 saturated carbocycles. The topological polar surface area (TPSA) is 75.4 Å². The van der Waals surface area contributed by atoms with Gasteiger partial charge in [-0.1, -0.05) is 12.1 Å². The maximum Gasteiger partial charge on any atom is 0.335 e. The molecule has 0 unspecified atom stereocenters. The molecular weight excluding hydrogens is 306 g/mol. The zero-order chi connectivity index (χ0) is 16.4. The highest BCUT2D eigenvalue weighted by Gasteiger charge is 2.10. The molecule has 23 heavy (non-hydrogen) atoms. The van der Waals surface area contributed by atoms with Gasteiger partial charge in [0.1, 0.15) is 11.6 Å². The maximum atomic E-state index is 13.6. The maximum absolute atomic E-state index is 13.6. The quantitative estimate of drug-likeness (QED) is 0.759. The first-order chi connectivity index (χ1) is 11.0. The van der Waals surface area contributed by atoms with Crippen LogP contribution in [-0.4, -0.2) is 16.1 Å². The van der Waals surface area contributed by atoms with Crippen molar-refractivity contribution in [3.05, 3.63) is 65.9 Å². The van der Waals surface area contributed by atoms with Gasteiger partial charge in [0.15, 0.2) is 5.76 Å². The normalized spacial score (nSPS) is 10.5. The van der Waals surface area contributed by atoms with Crippen molar-refractivity contribution in [3.63, 3.8) is 0 Å². The molecule has 0 aliphatic rings. The first kappa shape index (κ1) is 14.7. The van der Waals surface area contributed by atoms with E-state index in [9.17, 15) is 13.6 Å². The van der Waals surface area contributed by atoms with Crippen molar-refractivity contribution in [3.8, 4) is 11.3 Å². The van der Waals surface area contributed by atoms with Crippen LogP contribution in [0.3, 0.4) is 0 Å².